The molecular formula is C11H12ClNOS2. The highest BCUT2D eigenvalue weighted by Crippen LogP contribution is 2.26. The van der Waals surface area contributed by atoms with E-state index in [1.54, 1.807) is 11.3 Å². The van der Waals surface area contributed by atoms with Crippen molar-refractivity contribution in [1.82, 2.24) is 5.32 Å². The van der Waals surface area contributed by atoms with Gasteiger partial charge in [-0.25, -0.2) is 0 Å². The van der Waals surface area contributed by atoms with E-state index < -0.39 is 6.10 Å². The lowest BCUT2D eigenvalue weighted by Crippen LogP contribution is -2.19. The fourth-order valence-electron chi connectivity index (χ4n) is 1.35. The van der Waals surface area contributed by atoms with Gasteiger partial charge in [-0.05, 0) is 23.6 Å². The third-order valence-corrected chi connectivity index (χ3v) is 4.35. The van der Waals surface area contributed by atoms with E-state index in [0.717, 1.165) is 11.4 Å². The van der Waals surface area contributed by atoms with Crippen LogP contribution in [-0.4, -0.2) is 11.7 Å². The van der Waals surface area contributed by atoms with Crippen LogP contribution in [-0.2, 0) is 6.54 Å². The van der Waals surface area contributed by atoms with Crippen molar-refractivity contribution in [2.75, 3.05) is 6.54 Å². The number of hydrogen-bond acceptors (Lipinski definition) is 4. The Bertz CT molecular complexity index is 427. The molecule has 0 amide bonds. The summed E-state index contributed by atoms with van der Waals surface area (Å²) in [5.41, 5.74) is 0. The first-order chi connectivity index (χ1) is 7.75. The first kappa shape index (κ1) is 12.1. The summed E-state index contributed by atoms with van der Waals surface area (Å²) in [6.45, 7) is 1.35. The fourth-order valence-corrected chi connectivity index (χ4v) is 3.07. The molecule has 0 fully saturated rings. The molecule has 0 aliphatic rings. The zero-order valence-electron chi connectivity index (χ0n) is 8.52. The highest BCUT2D eigenvalue weighted by atomic mass is 35.5. The molecular weight excluding hydrogens is 262 g/mol. The van der Waals surface area contributed by atoms with Gasteiger partial charge in [-0.3, -0.25) is 0 Å². The fraction of sp³-hybridized carbons (Fsp3) is 0.273. The molecule has 2 aromatic heterocycles. The summed E-state index contributed by atoms with van der Waals surface area (Å²) >= 11 is 8.94. The number of aliphatic hydroxyl groups excluding tert-OH is 1. The minimum Gasteiger partial charge on any atom is -0.386 e. The van der Waals surface area contributed by atoms with Crippen molar-refractivity contribution in [1.29, 1.82) is 0 Å². The van der Waals surface area contributed by atoms with Crippen molar-refractivity contribution in [3.8, 4) is 0 Å². The second-order valence-electron chi connectivity index (χ2n) is 3.37. The normalized spacial score (nSPS) is 12.9. The topological polar surface area (TPSA) is 32.3 Å². The second-order valence-corrected chi connectivity index (χ2v) is 6.15. The van der Waals surface area contributed by atoms with Crippen molar-refractivity contribution in [3.05, 3.63) is 43.7 Å². The van der Waals surface area contributed by atoms with Crippen LogP contribution in [0.3, 0.4) is 0 Å². The molecule has 0 saturated heterocycles. The van der Waals surface area contributed by atoms with Gasteiger partial charge in [0.2, 0.25) is 0 Å². The smallest absolute Gasteiger partial charge is 0.101 e. The lowest BCUT2D eigenvalue weighted by Gasteiger charge is -2.09. The van der Waals surface area contributed by atoms with Gasteiger partial charge in [-0.2, -0.15) is 0 Å². The summed E-state index contributed by atoms with van der Waals surface area (Å²) in [4.78, 5) is 2.18. The Morgan fingerprint density at radius 3 is 2.88 bits per heavy atom. The maximum absolute atomic E-state index is 9.86. The molecule has 0 bridgehead atoms. The van der Waals surface area contributed by atoms with Gasteiger partial charge in [0.05, 0.1) is 4.34 Å². The summed E-state index contributed by atoms with van der Waals surface area (Å²) in [6.07, 6.45) is -0.475. The summed E-state index contributed by atoms with van der Waals surface area (Å²) in [7, 11) is 0. The van der Waals surface area contributed by atoms with E-state index >= 15 is 0 Å². The minimum atomic E-state index is -0.475. The Balaban J connectivity index is 1.78. The molecule has 86 valence electrons. The summed E-state index contributed by atoms with van der Waals surface area (Å²) in [6, 6.07) is 7.78. The predicted octanol–water partition coefficient (Wildman–Crippen LogP) is 3.29. The van der Waals surface area contributed by atoms with E-state index in [1.807, 2.05) is 23.6 Å². The van der Waals surface area contributed by atoms with E-state index in [1.165, 1.54) is 16.2 Å². The van der Waals surface area contributed by atoms with Crippen molar-refractivity contribution >= 4 is 34.3 Å². The molecule has 1 atom stereocenters. The molecule has 0 spiro atoms. The SMILES string of the molecule is OC(CNCc1cccs1)c1ccc(Cl)s1. The lowest BCUT2D eigenvalue weighted by molar-refractivity contribution is 0.178. The second kappa shape index (κ2) is 5.80. The molecule has 0 aromatic carbocycles. The van der Waals surface area contributed by atoms with Gasteiger partial charge in [0.1, 0.15) is 6.10 Å². The van der Waals surface area contributed by atoms with E-state index in [2.05, 4.69) is 11.4 Å². The van der Waals surface area contributed by atoms with E-state index in [4.69, 9.17) is 11.6 Å². The quantitative estimate of drug-likeness (QED) is 0.876. The first-order valence-electron chi connectivity index (χ1n) is 4.92. The predicted molar refractivity (Wildman–Crippen MR) is 70.3 cm³/mol. The van der Waals surface area contributed by atoms with Gasteiger partial charge in [0.15, 0.2) is 0 Å². The maximum atomic E-state index is 9.86. The zero-order chi connectivity index (χ0) is 11.4. The molecule has 0 radical (unpaired) electrons. The highest BCUT2D eigenvalue weighted by Gasteiger charge is 2.09. The number of thiophene rings is 2. The Hall–Kier alpha value is -0.390. The lowest BCUT2D eigenvalue weighted by atomic mass is 10.3. The standard InChI is InChI=1S/C11H12ClNOS2/c12-11-4-3-10(16-11)9(14)7-13-6-8-2-1-5-15-8/h1-5,9,13-14H,6-7H2. The molecule has 0 aliphatic carbocycles. The monoisotopic (exact) mass is 273 g/mol. The zero-order valence-corrected chi connectivity index (χ0v) is 10.9. The molecule has 0 saturated carbocycles. The van der Waals surface area contributed by atoms with Crippen LogP contribution in [0.5, 0.6) is 0 Å². The number of halogens is 1. The molecule has 2 heterocycles. The van der Waals surface area contributed by atoms with Crippen LogP contribution in [0.15, 0.2) is 29.6 Å². The Labute approximate surface area is 108 Å². The molecule has 2 aromatic rings. The number of nitrogens with one attached hydrogen (secondary N) is 1. The van der Waals surface area contributed by atoms with Crippen molar-refractivity contribution in [2.45, 2.75) is 12.6 Å². The number of rotatable bonds is 5. The summed E-state index contributed by atoms with van der Waals surface area (Å²) < 4.78 is 0.715. The van der Waals surface area contributed by atoms with Crippen molar-refractivity contribution in [3.63, 3.8) is 0 Å². The van der Waals surface area contributed by atoms with Crippen LogP contribution in [0.4, 0.5) is 0 Å². The molecule has 0 aliphatic heterocycles. The van der Waals surface area contributed by atoms with E-state index in [0.29, 0.717) is 10.9 Å². The Morgan fingerprint density at radius 1 is 1.38 bits per heavy atom. The average molecular weight is 274 g/mol. The number of hydrogen-bond donors (Lipinski definition) is 2. The number of aliphatic hydroxyl groups is 1. The highest BCUT2D eigenvalue weighted by molar-refractivity contribution is 7.16. The van der Waals surface area contributed by atoms with E-state index in [9.17, 15) is 5.11 Å². The van der Waals surface area contributed by atoms with Crippen molar-refractivity contribution in [2.24, 2.45) is 0 Å². The van der Waals surface area contributed by atoms with E-state index in [-0.39, 0.29) is 0 Å². The minimum absolute atomic E-state index is 0.475. The molecule has 2 N–H and O–H groups in total. The molecule has 16 heavy (non-hydrogen) atoms. The van der Waals surface area contributed by atoms with Gasteiger partial charge >= 0.3 is 0 Å². The molecule has 1 unspecified atom stereocenters. The van der Waals surface area contributed by atoms with Crippen LogP contribution in [0.1, 0.15) is 15.9 Å². The van der Waals surface area contributed by atoms with Crippen LogP contribution in [0, 0.1) is 0 Å². The van der Waals surface area contributed by atoms with Gasteiger partial charge in [-0.15, -0.1) is 22.7 Å². The summed E-state index contributed by atoms with van der Waals surface area (Å²) in [5, 5.41) is 15.1. The van der Waals surface area contributed by atoms with Gasteiger partial charge in [0, 0.05) is 22.8 Å². The molecule has 2 nitrogen and oxygen atoms in total. The summed E-state index contributed by atoms with van der Waals surface area (Å²) in [5.74, 6) is 0. The Kier molecular flexibility index (Phi) is 4.37. The van der Waals surface area contributed by atoms with Crippen LogP contribution in [0.25, 0.3) is 0 Å². The van der Waals surface area contributed by atoms with Crippen molar-refractivity contribution < 1.29 is 5.11 Å². The maximum Gasteiger partial charge on any atom is 0.101 e. The Morgan fingerprint density at radius 2 is 2.25 bits per heavy atom. The largest absolute Gasteiger partial charge is 0.386 e. The van der Waals surface area contributed by atoms with Gasteiger partial charge in [0.25, 0.3) is 0 Å². The van der Waals surface area contributed by atoms with Crippen LogP contribution in [0.2, 0.25) is 4.34 Å². The average Bonchev–Trinajstić information content (AvgIpc) is 2.89. The molecule has 2 rings (SSSR count). The van der Waals surface area contributed by atoms with Gasteiger partial charge < -0.3 is 10.4 Å². The third kappa shape index (κ3) is 3.30. The van der Waals surface area contributed by atoms with Crippen LogP contribution >= 0.6 is 34.3 Å². The van der Waals surface area contributed by atoms with Crippen LogP contribution < -0.4 is 5.32 Å². The van der Waals surface area contributed by atoms with Gasteiger partial charge in [-0.1, -0.05) is 17.7 Å². The first-order valence-corrected chi connectivity index (χ1v) is 6.99. The molecule has 5 heteroatoms. The third-order valence-electron chi connectivity index (χ3n) is 2.14.